The van der Waals surface area contributed by atoms with Crippen molar-refractivity contribution >= 4 is 90.9 Å². The van der Waals surface area contributed by atoms with E-state index in [2.05, 4.69) is 20.6 Å². The summed E-state index contributed by atoms with van der Waals surface area (Å²) in [5, 5.41) is 12.3. The van der Waals surface area contributed by atoms with E-state index in [9.17, 15) is 33.2 Å². The minimum absolute atomic E-state index is 0.0272. The van der Waals surface area contributed by atoms with Gasteiger partial charge in [0.2, 0.25) is 11.5 Å². The summed E-state index contributed by atoms with van der Waals surface area (Å²) in [7, 11) is 4.77. The summed E-state index contributed by atoms with van der Waals surface area (Å²) in [6.07, 6.45) is 7.62. The minimum Gasteiger partial charge on any atom is -0.465 e. The number of pyridine rings is 2. The van der Waals surface area contributed by atoms with Crippen molar-refractivity contribution in [1.82, 2.24) is 9.97 Å². The van der Waals surface area contributed by atoms with Gasteiger partial charge in [-0.05, 0) is 49.2 Å². The molecule has 6 heterocycles. The lowest BCUT2D eigenvalue weighted by Crippen LogP contribution is -2.16. The number of hydrogen-bond donors (Lipinski definition) is 3. The van der Waals surface area contributed by atoms with Gasteiger partial charge in [-0.15, -0.1) is 22.7 Å². The molecular weight excluding hydrogens is 872 g/mol. The molecule has 0 saturated heterocycles. The summed E-state index contributed by atoms with van der Waals surface area (Å²) in [5.41, 5.74) is 4.16. The maximum absolute atomic E-state index is 13.9. The molecule has 19 heteroatoms. The molecule has 1 aliphatic carbocycles. The Morgan fingerprint density at radius 3 is 1.81 bits per heavy atom. The van der Waals surface area contributed by atoms with E-state index in [1.54, 1.807) is 42.5 Å². The number of methoxy groups -OCH3 is 3. The van der Waals surface area contributed by atoms with E-state index < -0.39 is 29.6 Å². The number of hydrogen-bond acceptors (Lipinski definition) is 16. The van der Waals surface area contributed by atoms with Crippen molar-refractivity contribution in [3.8, 4) is 22.3 Å². The van der Waals surface area contributed by atoms with E-state index in [1.165, 1.54) is 63.3 Å². The fourth-order valence-corrected chi connectivity index (χ4v) is 8.34. The van der Waals surface area contributed by atoms with Crippen molar-refractivity contribution in [2.75, 3.05) is 39.1 Å². The topological polar surface area (TPSA) is 226 Å². The van der Waals surface area contributed by atoms with Gasteiger partial charge in [-0.25, -0.2) is 28.7 Å². The Labute approximate surface area is 371 Å². The molecule has 3 N–H and O–H groups in total. The van der Waals surface area contributed by atoms with Crippen LogP contribution in [-0.2, 0) is 19.0 Å². The molecule has 0 aliphatic heterocycles. The van der Waals surface area contributed by atoms with Crippen molar-refractivity contribution < 1.29 is 61.3 Å². The number of carbonyl (C=O) groups excluding carboxylic acids is 6. The number of thiophene rings is 2. The SMILES string of the molecule is CO.COC(=O)c1cc2oc(C(=O)OC)c(-c3ccc(NC(=O)C4=C(F)CCC=C4)nc3)c2s1.COC(=O)c1oc2cc(C=O)sc2c1-c1ccc(NC(=O)c2ccccc2C)nc1. The molecule has 6 aromatic heterocycles. The molecule has 0 unspecified atom stereocenters. The first kappa shape index (κ1) is 45.9. The summed E-state index contributed by atoms with van der Waals surface area (Å²) in [5.74, 6) is -2.60. The van der Waals surface area contributed by atoms with Gasteiger partial charge < -0.3 is 38.8 Å². The Kier molecular flexibility index (Phi) is 14.7. The predicted molar refractivity (Wildman–Crippen MR) is 236 cm³/mol. The van der Waals surface area contributed by atoms with E-state index in [0.29, 0.717) is 70.4 Å². The number of nitrogens with one attached hydrogen (secondary N) is 2. The van der Waals surface area contributed by atoms with Gasteiger partial charge >= 0.3 is 17.9 Å². The van der Waals surface area contributed by atoms with Crippen LogP contribution in [0.2, 0.25) is 0 Å². The number of carbonyl (C=O) groups is 6. The zero-order valence-electron chi connectivity index (χ0n) is 34.6. The molecule has 1 aromatic carbocycles. The summed E-state index contributed by atoms with van der Waals surface area (Å²) in [6, 6.07) is 16.8. The van der Waals surface area contributed by atoms with E-state index >= 15 is 0 Å². The highest BCUT2D eigenvalue weighted by Gasteiger charge is 2.28. The number of benzene rings is 1. The summed E-state index contributed by atoms with van der Waals surface area (Å²) in [4.78, 5) is 81.5. The lowest BCUT2D eigenvalue weighted by atomic mass is 10.1. The summed E-state index contributed by atoms with van der Waals surface area (Å²) >= 11 is 2.32. The van der Waals surface area contributed by atoms with Gasteiger partial charge in [0.1, 0.15) is 33.5 Å². The second-order valence-electron chi connectivity index (χ2n) is 13.2. The molecule has 64 heavy (non-hydrogen) atoms. The zero-order valence-corrected chi connectivity index (χ0v) is 36.2. The number of anilines is 2. The van der Waals surface area contributed by atoms with Gasteiger partial charge in [0.15, 0.2) is 6.29 Å². The van der Waals surface area contributed by atoms with Crippen LogP contribution in [0.4, 0.5) is 16.0 Å². The third kappa shape index (κ3) is 9.71. The second-order valence-corrected chi connectivity index (χ2v) is 15.3. The van der Waals surface area contributed by atoms with Crippen molar-refractivity contribution in [3.63, 3.8) is 0 Å². The summed E-state index contributed by atoms with van der Waals surface area (Å²) < 4.78 is 40.7. The molecule has 7 aromatic rings. The monoisotopic (exact) mass is 908 g/mol. The highest BCUT2D eigenvalue weighted by molar-refractivity contribution is 7.21. The number of esters is 3. The molecule has 1 aliphatic rings. The molecule has 0 radical (unpaired) electrons. The van der Waals surface area contributed by atoms with Crippen LogP contribution in [0.25, 0.3) is 42.8 Å². The first-order valence-corrected chi connectivity index (χ1v) is 20.5. The Balaban J connectivity index is 0.000000205. The molecule has 328 valence electrons. The Morgan fingerprint density at radius 2 is 1.30 bits per heavy atom. The molecule has 8 rings (SSSR count). The second kappa shape index (κ2) is 20.5. The lowest BCUT2D eigenvalue weighted by Gasteiger charge is -2.10. The maximum Gasteiger partial charge on any atom is 0.374 e. The first-order valence-electron chi connectivity index (χ1n) is 18.9. The van der Waals surface area contributed by atoms with Gasteiger partial charge in [-0.1, -0.05) is 30.4 Å². The Morgan fingerprint density at radius 1 is 0.750 bits per heavy atom. The van der Waals surface area contributed by atoms with Crippen LogP contribution in [0.15, 0.2) is 105 Å². The number of aryl methyl sites for hydroxylation is 1. The molecule has 0 spiro atoms. The van der Waals surface area contributed by atoms with E-state index in [0.717, 1.165) is 30.3 Å². The summed E-state index contributed by atoms with van der Waals surface area (Å²) in [6.45, 7) is 1.86. The molecular formula is C45H37FN4O12S2. The number of ether oxygens (including phenoxy) is 3. The lowest BCUT2D eigenvalue weighted by molar-refractivity contribution is -0.112. The number of furan rings is 2. The fraction of sp³-hybridized carbons (Fsp3) is 0.156. The minimum atomic E-state index is -0.688. The quantitative estimate of drug-likeness (QED) is 0.0662. The van der Waals surface area contributed by atoms with Crippen molar-refractivity contribution in [2.24, 2.45) is 0 Å². The van der Waals surface area contributed by atoms with Crippen molar-refractivity contribution in [1.29, 1.82) is 0 Å². The number of nitrogens with zero attached hydrogens (tertiary/aromatic N) is 2. The normalized spacial score (nSPS) is 11.8. The van der Waals surface area contributed by atoms with Crippen molar-refractivity contribution in [3.05, 3.63) is 129 Å². The Hall–Kier alpha value is -7.61. The van der Waals surface area contributed by atoms with Gasteiger partial charge in [-0.2, -0.15) is 0 Å². The molecule has 0 atom stereocenters. The van der Waals surface area contributed by atoms with Crippen LogP contribution < -0.4 is 10.6 Å². The van der Waals surface area contributed by atoms with E-state index in [1.807, 2.05) is 19.1 Å². The molecule has 0 saturated carbocycles. The van der Waals surface area contributed by atoms with Crippen LogP contribution in [0.1, 0.15) is 69.2 Å². The third-order valence-electron chi connectivity index (χ3n) is 9.32. The first-order chi connectivity index (χ1) is 30.9. The van der Waals surface area contributed by atoms with Crippen LogP contribution in [0.3, 0.4) is 0 Å². The van der Waals surface area contributed by atoms with E-state index in [-0.39, 0.29) is 35.2 Å². The Bertz CT molecular complexity index is 2960. The highest BCUT2D eigenvalue weighted by atomic mass is 32.1. The molecule has 0 fully saturated rings. The molecule has 2 amide bonds. The number of aliphatic hydroxyl groups excluding tert-OH is 1. The average Bonchev–Trinajstić information content (AvgIpc) is 4.10. The van der Waals surface area contributed by atoms with Crippen LogP contribution >= 0.6 is 22.7 Å². The van der Waals surface area contributed by atoms with E-state index in [4.69, 9.17) is 28.2 Å². The predicted octanol–water partition coefficient (Wildman–Crippen LogP) is 8.97. The van der Waals surface area contributed by atoms with Gasteiger partial charge in [0, 0.05) is 54.7 Å². The smallest absolute Gasteiger partial charge is 0.374 e. The standard InChI is InChI=1S/C22H17FN2O6S.C22H16N2O5S.CH4O/c1-29-21(27)15-9-14-19(32-15)17(18(31-14)22(28)30-2)11-7-8-16(24-10-11)25-20(26)12-5-3-4-6-13(12)23;1-12-5-3-4-6-15(12)21(26)24-17-8-7-13(10-23-17)18-19(22(27)28-2)29-16-9-14(11-25)30-20(16)18;1-2/h3,5,7-10H,4,6H2,1-2H3,(H,24,25,26);3-11H,1-2H3,(H,23,24,26);2H,1H3. The van der Waals surface area contributed by atoms with Crippen molar-refractivity contribution in [2.45, 2.75) is 19.8 Å². The van der Waals surface area contributed by atoms with Crippen LogP contribution in [-0.4, -0.2) is 79.5 Å². The largest absolute Gasteiger partial charge is 0.465 e. The third-order valence-corrected chi connectivity index (χ3v) is 11.5. The zero-order chi connectivity index (χ0) is 46.1. The van der Waals surface area contributed by atoms with Crippen LogP contribution in [0.5, 0.6) is 0 Å². The number of aldehydes is 1. The number of aromatic nitrogens is 2. The fourth-order valence-electron chi connectivity index (χ4n) is 6.31. The number of fused-ring (bicyclic) bond motifs is 2. The average molecular weight is 909 g/mol. The number of allylic oxidation sites excluding steroid dienone is 2. The number of rotatable bonds is 10. The maximum atomic E-state index is 13.9. The van der Waals surface area contributed by atoms with Crippen LogP contribution in [0, 0.1) is 6.92 Å². The van der Waals surface area contributed by atoms with Gasteiger partial charge in [-0.3, -0.25) is 14.4 Å². The number of amides is 2. The molecule has 16 nitrogen and oxygen atoms in total. The van der Waals surface area contributed by atoms with Gasteiger partial charge in [0.05, 0.1) is 52.3 Å². The number of halogens is 1. The highest BCUT2D eigenvalue weighted by Crippen LogP contribution is 2.42. The number of aliphatic hydroxyl groups is 1. The molecule has 0 bridgehead atoms. The van der Waals surface area contributed by atoms with Gasteiger partial charge in [0.25, 0.3) is 11.8 Å².